The molecule has 0 saturated heterocycles. The Balaban J connectivity index is 2.04. The van der Waals surface area contributed by atoms with E-state index in [9.17, 15) is 8.42 Å². The average molecular weight is 329 g/mol. The number of hydrogen-bond donors (Lipinski definition) is 0. The van der Waals surface area contributed by atoms with E-state index in [4.69, 9.17) is 23.2 Å². The van der Waals surface area contributed by atoms with Crippen LogP contribution in [0.25, 0.3) is 0 Å². The molecule has 0 atom stereocenters. The molecule has 0 bridgehead atoms. The van der Waals surface area contributed by atoms with Gasteiger partial charge in [0.15, 0.2) is 9.84 Å². The highest BCUT2D eigenvalue weighted by Gasteiger charge is 2.14. The van der Waals surface area contributed by atoms with Gasteiger partial charge >= 0.3 is 0 Å². The summed E-state index contributed by atoms with van der Waals surface area (Å²) in [5.74, 6) is 0.0474. The number of halogens is 2. The Labute approximate surface area is 129 Å². The Morgan fingerprint density at radius 3 is 2.30 bits per heavy atom. The Morgan fingerprint density at radius 1 is 0.950 bits per heavy atom. The molecule has 0 spiro atoms. The molecule has 5 heteroatoms. The van der Waals surface area contributed by atoms with Gasteiger partial charge in [-0.05, 0) is 29.7 Å². The number of rotatable bonds is 5. The molecule has 0 aliphatic heterocycles. The smallest absolute Gasteiger partial charge is 0.154 e. The van der Waals surface area contributed by atoms with E-state index in [1.807, 2.05) is 30.3 Å². The van der Waals surface area contributed by atoms with E-state index < -0.39 is 9.84 Å². The maximum absolute atomic E-state index is 12.1. The fraction of sp³-hybridized carbons (Fsp3) is 0.200. The lowest BCUT2D eigenvalue weighted by Crippen LogP contribution is -2.11. The Bertz CT molecular complexity index is 682. The first-order valence-electron chi connectivity index (χ1n) is 6.14. The second kappa shape index (κ2) is 6.61. The minimum Gasteiger partial charge on any atom is -0.228 e. The highest BCUT2D eigenvalue weighted by Crippen LogP contribution is 2.23. The first kappa shape index (κ1) is 15.4. The first-order chi connectivity index (χ1) is 9.46. The summed E-state index contributed by atoms with van der Waals surface area (Å²) in [5.41, 5.74) is 1.60. The van der Waals surface area contributed by atoms with Crippen LogP contribution in [0.15, 0.2) is 48.5 Å². The fourth-order valence-electron chi connectivity index (χ4n) is 1.87. The van der Waals surface area contributed by atoms with Crippen molar-refractivity contribution in [3.63, 3.8) is 0 Å². The van der Waals surface area contributed by atoms with Crippen molar-refractivity contribution in [2.75, 3.05) is 5.75 Å². The lowest BCUT2D eigenvalue weighted by atomic mass is 10.2. The summed E-state index contributed by atoms with van der Waals surface area (Å²) in [7, 11) is -3.20. The van der Waals surface area contributed by atoms with Crippen molar-refractivity contribution in [1.29, 1.82) is 0 Å². The molecular formula is C15H14Cl2O2S. The second-order valence-electron chi connectivity index (χ2n) is 4.56. The van der Waals surface area contributed by atoms with Gasteiger partial charge < -0.3 is 0 Å². The quantitative estimate of drug-likeness (QED) is 0.826. The largest absolute Gasteiger partial charge is 0.228 e. The molecule has 0 aromatic heterocycles. The molecule has 0 radical (unpaired) electrons. The maximum atomic E-state index is 12.1. The molecule has 0 aliphatic rings. The summed E-state index contributed by atoms with van der Waals surface area (Å²) in [6.45, 7) is 0. The molecule has 20 heavy (non-hydrogen) atoms. The van der Waals surface area contributed by atoms with Gasteiger partial charge in [-0.3, -0.25) is 0 Å². The van der Waals surface area contributed by atoms with Gasteiger partial charge in [0, 0.05) is 10.0 Å². The first-order valence-corrected chi connectivity index (χ1v) is 8.72. The van der Waals surface area contributed by atoms with Gasteiger partial charge in [0.1, 0.15) is 0 Å². The van der Waals surface area contributed by atoms with Crippen LogP contribution >= 0.6 is 23.2 Å². The number of benzene rings is 2. The molecule has 2 aromatic carbocycles. The topological polar surface area (TPSA) is 34.1 Å². The summed E-state index contributed by atoms with van der Waals surface area (Å²) in [5, 5.41) is 0.890. The third kappa shape index (κ3) is 4.51. The van der Waals surface area contributed by atoms with Crippen LogP contribution in [0.4, 0.5) is 0 Å². The zero-order valence-electron chi connectivity index (χ0n) is 10.7. The van der Waals surface area contributed by atoms with Crippen molar-refractivity contribution < 1.29 is 8.42 Å². The Kier molecular flexibility index (Phi) is 5.08. The second-order valence-corrected chi connectivity index (χ2v) is 7.59. The molecule has 0 aliphatic carbocycles. The van der Waals surface area contributed by atoms with E-state index in [-0.39, 0.29) is 11.5 Å². The third-order valence-electron chi connectivity index (χ3n) is 2.94. The molecule has 0 amide bonds. The molecule has 2 rings (SSSR count). The highest BCUT2D eigenvalue weighted by molar-refractivity contribution is 7.90. The SMILES string of the molecule is O=S(=O)(CCc1ccccc1)Cc1ccc(Cl)cc1Cl. The monoisotopic (exact) mass is 328 g/mol. The van der Waals surface area contributed by atoms with Crippen molar-refractivity contribution in [2.45, 2.75) is 12.2 Å². The maximum Gasteiger partial charge on any atom is 0.154 e. The van der Waals surface area contributed by atoms with Crippen molar-refractivity contribution in [3.8, 4) is 0 Å². The van der Waals surface area contributed by atoms with Crippen LogP contribution in [-0.2, 0) is 22.0 Å². The molecular weight excluding hydrogens is 315 g/mol. The van der Waals surface area contributed by atoms with E-state index in [1.165, 1.54) is 0 Å². The molecule has 2 aromatic rings. The molecule has 0 saturated carbocycles. The van der Waals surface area contributed by atoms with E-state index in [0.29, 0.717) is 22.0 Å². The van der Waals surface area contributed by atoms with Crippen LogP contribution < -0.4 is 0 Å². The van der Waals surface area contributed by atoms with Crippen LogP contribution in [0, 0.1) is 0 Å². The standard InChI is InChI=1S/C15H14Cl2O2S/c16-14-7-6-13(15(17)10-14)11-20(18,19)9-8-12-4-2-1-3-5-12/h1-7,10H,8-9,11H2. The molecule has 0 heterocycles. The lowest BCUT2D eigenvalue weighted by Gasteiger charge is -2.07. The predicted octanol–water partition coefficient (Wildman–Crippen LogP) is 4.15. The van der Waals surface area contributed by atoms with Crippen LogP contribution in [0.1, 0.15) is 11.1 Å². The summed E-state index contributed by atoms with van der Waals surface area (Å²) >= 11 is 11.8. The Hall–Kier alpha value is -1.03. The van der Waals surface area contributed by atoms with Crippen LogP contribution in [-0.4, -0.2) is 14.2 Å². The summed E-state index contributed by atoms with van der Waals surface area (Å²) in [4.78, 5) is 0. The molecule has 0 N–H and O–H groups in total. The van der Waals surface area contributed by atoms with Gasteiger partial charge in [0.05, 0.1) is 11.5 Å². The molecule has 0 fully saturated rings. The summed E-state index contributed by atoms with van der Waals surface area (Å²) in [6, 6.07) is 14.4. The van der Waals surface area contributed by atoms with E-state index in [1.54, 1.807) is 18.2 Å². The van der Waals surface area contributed by atoms with Gasteiger partial charge in [-0.25, -0.2) is 8.42 Å². The van der Waals surface area contributed by atoms with Crippen LogP contribution in [0.3, 0.4) is 0 Å². The van der Waals surface area contributed by atoms with E-state index in [0.717, 1.165) is 5.56 Å². The van der Waals surface area contributed by atoms with Crippen LogP contribution in [0.5, 0.6) is 0 Å². The Morgan fingerprint density at radius 2 is 1.65 bits per heavy atom. The lowest BCUT2D eigenvalue weighted by molar-refractivity contribution is 0.594. The van der Waals surface area contributed by atoms with Crippen molar-refractivity contribution in [1.82, 2.24) is 0 Å². The summed E-state index contributed by atoms with van der Waals surface area (Å²) in [6.07, 6.45) is 0.508. The van der Waals surface area contributed by atoms with Gasteiger partial charge in [-0.15, -0.1) is 0 Å². The van der Waals surface area contributed by atoms with E-state index in [2.05, 4.69) is 0 Å². The number of sulfone groups is 1. The molecule has 106 valence electrons. The zero-order chi connectivity index (χ0) is 14.6. The minimum absolute atomic E-state index is 0.0597. The predicted molar refractivity (Wildman–Crippen MR) is 84.1 cm³/mol. The van der Waals surface area contributed by atoms with Gasteiger partial charge in [-0.1, -0.05) is 59.6 Å². The van der Waals surface area contributed by atoms with Crippen molar-refractivity contribution in [2.24, 2.45) is 0 Å². The normalized spacial score (nSPS) is 11.5. The molecule has 2 nitrogen and oxygen atoms in total. The number of hydrogen-bond acceptors (Lipinski definition) is 2. The van der Waals surface area contributed by atoms with Crippen LogP contribution in [0.2, 0.25) is 10.0 Å². The van der Waals surface area contributed by atoms with Gasteiger partial charge in [0.2, 0.25) is 0 Å². The average Bonchev–Trinajstić information content (AvgIpc) is 2.41. The third-order valence-corrected chi connectivity index (χ3v) is 5.10. The number of aryl methyl sites for hydroxylation is 1. The fourth-order valence-corrected chi connectivity index (χ4v) is 3.84. The minimum atomic E-state index is -3.20. The molecule has 0 unspecified atom stereocenters. The zero-order valence-corrected chi connectivity index (χ0v) is 13.0. The highest BCUT2D eigenvalue weighted by atomic mass is 35.5. The van der Waals surface area contributed by atoms with E-state index >= 15 is 0 Å². The van der Waals surface area contributed by atoms with Crippen molar-refractivity contribution in [3.05, 3.63) is 69.7 Å². The van der Waals surface area contributed by atoms with Gasteiger partial charge in [-0.2, -0.15) is 0 Å². The van der Waals surface area contributed by atoms with Crippen molar-refractivity contribution >= 4 is 33.0 Å². The summed E-state index contributed by atoms with van der Waals surface area (Å²) < 4.78 is 24.2. The van der Waals surface area contributed by atoms with Gasteiger partial charge in [0.25, 0.3) is 0 Å².